The van der Waals surface area contributed by atoms with Crippen molar-refractivity contribution >= 4 is 51.6 Å². The van der Waals surface area contributed by atoms with E-state index in [-0.39, 0.29) is 24.0 Å². The minimum atomic E-state index is 0. The van der Waals surface area contributed by atoms with E-state index >= 15 is 0 Å². The maximum Gasteiger partial charge on any atom is 0.191 e. The Bertz CT molecular complexity index is 803. The Morgan fingerprint density at radius 2 is 2.07 bits per heavy atom. The number of hydrogen-bond acceptors (Lipinski definition) is 3. The van der Waals surface area contributed by atoms with E-state index in [1.165, 1.54) is 16.9 Å². The summed E-state index contributed by atoms with van der Waals surface area (Å²) >= 11 is 3.65. The van der Waals surface area contributed by atoms with Gasteiger partial charge in [0.2, 0.25) is 0 Å². The summed E-state index contributed by atoms with van der Waals surface area (Å²) in [6.45, 7) is 6.88. The van der Waals surface area contributed by atoms with Crippen molar-refractivity contribution in [3.05, 3.63) is 45.7 Å². The quantitative estimate of drug-likeness (QED) is 0.351. The van der Waals surface area contributed by atoms with Crippen molar-refractivity contribution in [1.29, 1.82) is 0 Å². The highest BCUT2D eigenvalue weighted by Crippen LogP contribution is 2.28. The highest BCUT2D eigenvalue weighted by atomic mass is 127. The first-order valence-corrected chi connectivity index (χ1v) is 9.74. The van der Waals surface area contributed by atoms with E-state index < -0.39 is 0 Å². The van der Waals surface area contributed by atoms with E-state index in [4.69, 9.17) is 0 Å². The maximum absolute atomic E-state index is 4.47. The second kappa shape index (κ2) is 9.77. The van der Waals surface area contributed by atoms with Gasteiger partial charge in [-0.2, -0.15) is 5.10 Å². The number of aliphatic imine (C=N–C) groups is 1. The second-order valence-corrected chi connectivity index (χ2v) is 7.58. The Kier molecular flexibility index (Phi) is 7.96. The van der Waals surface area contributed by atoms with Crippen molar-refractivity contribution in [2.24, 2.45) is 12.0 Å². The van der Waals surface area contributed by atoms with Crippen LogP contribution in [-0.4, -0.2) is 41.9 Å². The van der Waals surface area contributed by atoms with Crippen molar-refractivity contribution in [3.63, 3.8) is 0 Å². The third-order valence-corrected chi connectivity index (χ3v) is 5.71. The van der Waals surface area contributed by atoms with Crippen molar-refractivity contribution in [3.8, 4) is 0 Å². The Balaban J connectivity index is 0.00000261. The summed E-state index contributed by atoms with van der Waals surface area (Å²) in [6.07, 6.45) is 1.09. The van der Waals surface area contributed by atoms with Crippen molar-refractivity contribution in [2.75, 3.05) is 25.0 Å². The highest BCUT2D eigenvalue weighted by molar-refractivity contribution is 14.0. The number of anilines is 1. The molecule has 1 atom stereocenters. The molecule has 1 aliphatic rings. The van der Waals surface area contributed by atoms with Crippen LogP contribution in [0.1, 0.15) is 23.4 Å². The summed E-state index contributed by atoms with van der Waals surface area (Å²) < 4.78 is 3.07. The third-order valence-electron chi connectivity index (χ3n) is 5.04. The van der Waals surface area contributed by atoms with Crippen LogP contribution in [-0.2, 0) is 13.6 Å². The molecule has 0 saturated carbocycles. The molecule has 3 rings (SSSR count). The average molecular weight is 547 g/mol. The predicted molar refractivity (Wildman–Crippen MR) is 126 cm³/mol. The number of benzene rings is 1. The molecular weight excluding hydrogens is 519 g/mol. The van der Waals surface area contributed by atoms with Crippen molar-refractivity contribution in [1.82, 2.24) is 20.4 Å². The molecule has 2 aromatic rings. The van der Waals surface area contributed by atoms with Crippen LogP contribution in [0.25, 0.3) is 0 Å². The number of halogens is 2. The molecule has 1 fully saturated rings. The first-order chi connectivity index (χ1) is 12.5. The van der Waals surface area contributed by atoms with Gasteiger partial charge in [-0.05, 0) is 48.3 Å². The fraction of sp³-hybridized carbons (Fsp3) is 0.474. The van der Waals surface area contributed by atoms with E-state index in [0.29, 0.717) is 6.04 Å². The van der Waals surface area contributed by atoms with Crippen LogP contribution in [0.2, 0.25) is 0 Å². The summed E-state index contributed by atoms with van der Waals surface area (Å²) in [7, 11) is 3.80. The van der Waals surface area contributed by atoms with Gasteiger partial charge in [0, 0.05) is 55.5 Å². The lowest BCUT2D eigenvalue weighted by molar-refractivity contribution is 0.648. The zero-order valence-corrected chi connectivity index (χ0v) is 20.2. The zero-order chi connectivity index (χ0) is 18.7. The number of para-hydroxylation sites is 1. The van der Waals surface area contributed by atoms with Gasteiger partial charge in [-0.3, -0.25) is 9.67 Å². The Morgan fingerprint density at radius 1 is 1.33 bits per heavy atom. The minimum Gasteiger partial charge on any atom is -0.368 e. The van der Waals surface area contributed by atoms with Crippen LogP contribution in [0.4, 0.5) is 5.69 Å². The summed E-state index contributed by atoms with van der Waals surface area (Å²) in [6, 6.07) is 8.76. The molecule has 8 heteroatoms. The summed E-state index contributed by atoms with van der Waals surface area (Å²) in [5.74, 6) is 0.839. The fourth-order valence-corrected chi connectivity index (χ4v) is 3.97. The monoisotopic (exact) mass is 546 g/mol. The lowest BCUT2D eigenvalue weighted by Gasteiger charge is -2.21. The van der Waals surface area contributed by atoms with Gasteiger partial charge in [0.15, 0.2) is 5.96 Å². The molecular formula is C19H28BrIN6. The first kappa shape index (κ1) is 22.0. The van der Waals surface area contributed by atoms with E-state index in [1.807, 2.05) is 31.8 Å². The summed E-state index contributed by atoms with van der Waals surface area (Å²) in [5, 5.41) is 11.5. The summed E-state index contributed by atoms with van der Waals surface area (Å²) in [4.78, 5) is 6.79. The number of rotatable bonds is 4. The van der Waals surface area contributed by atoms with Crippen LogP contribution in [0.3, 0.4) is 0 Å². The van der Waals surface area contributed by atoms with Crippen molar-refractivity contribution < 1.29 is 0 Å². The van der Waals surface area contributed by atoms with Crippen LogP contribution >= 0.6 is 39.9 Å². The van der Waals surface area contributed by atoms with Gasteiger partial charge in [0.05, 0.1) is 11.4 Å². The summed E-state index contributed by atoms with van der Waals surface area (Å²) in [5.41, 5.74) is 4.73. The average Bonchev–Trinajstić information content (AvgIpc) is 3.17. The van der Waals surface area contributed by atoms with Crippen molar-refractivity contribution in [2.45, 2.75) is 32.9 Å². The Labute approximate surface area is 187 Å². The normalized spacial score (nSPS) is 17.0. The molecule has 0 spiro atoms. The fourth-order valence-electron chi connectivity index (χ4n) is 3.44. The van der Waals surface area contributed by atoms with Crippen LogP contribution in [0.15, 0.2) is 33.7 Å². The molecule has 1 saturated heterocycles. The van der Waals surface area contributed by atoms with Crippen LogP contribution in [0.5, 0.6) is 0 Å². The molecule has 6 nitrogen and oxygen atoms in total. The first-order valence-electron chi connectivity index (χ1n) is 8.95. The zero-order valence-electron chi connectivity index (χ0n) is 16.3. The van der Waals surface area contributed by atoms with Gasteiger partial charge in [-0.25, -0.2) is 0 Å². The molecule has 2 heterocycles. The molecule has 1 unspecified atom stereocenters. The van der Waals surface area contributed by atoms with Gasteiger partial charge < -0.3 is 15.5 Å². The van der Waals surface area contributed by atoms with Crippen LogP contribution < -0.4 is 15.5 Å². The van der Waals surface area contributed by atoms with Crippen LogP contribution in [0, 0.1) is 13.8 Å². The molecule has 0 bridgehead atoms. The smallest absolute Gasteiger partial charge is 0.191 e. The third kappa shape index (κ3) is 5.16. The van der Waals surface area contributed by atoms with Gasteiger partial charge in [-0.1, -0.05) is 12.1 Å². The number of nitrogens with one attached hydrogen (secondary N) is 2. The molecule has 148 valence electrons. The minimum absolute atomic E-state index is 0. The second-order valence-electron chi connectivity index (χ2n) is 6.73. The number of guanidine groups is 1. The topological polar surface area (TPSA) is 57.5 Å². The van der Waals surface area contributed by atoms with E-state index in [9.17, 15) is 0 Å². The van der Waals surface area contributed by atoms with E-state index in [2.05, 4.69) is 66.7 Å². The Morgan fingerprint density at radius 3 is 2.70 bits per heavy atom. The number of aromatic nitrogens is 2. The molecule has 2 N–H and O–H groups in total. The van der Waals surface area contributed by atoms with Gasteiger partial charge >= 0.3 is 0 Å². The Hall–Kier alpha value is -1.29. The molecule has 1 aromatic carbocycles. The number of nitrogens with zero attached hydrogens (tertiary/aromatic N) is 4. The molecule has 27 heavy (non-hydrogen) atoms. The molecule has 0 amide bonds. The lowest BCUT2D eigenvalue weighted by Crippen LogP contribution is -2.44. The largest absolute Gasteiger partial charge is 0.368 e. The highest BCUT2D eigenvalue weighted by Gasteiger charge is 2.24. The number of aryl methyl sites for hydroxylation is 2. The predicted octanol–water partition coefficient (Wildman–Crippen LogP) is 3.36. The van der Waals surface area contributed by atoms with Gasteiger partial charge in [0.1, 0.15) is 0 Å². The molecule has 0 aliphatic carbocycles. The van der Waals surface area contributed by atoms with Gasteiger partial charge in [0.25, 0.3) is 0 Å². The molecule has 1 aromatic heterocycles. The molecule has 1 aliphatic heterocycles. The maximum atomic E-state index is 4.47. The lowest BCUT2D eigenvalue weighted by atomic mass is 10.2. The SMILES string of the molecule is CN=C(NCc1c(C)nn(C)c1C)NC1CCN(c2ccccc2Br)C1.I. The van der Waals surface area contributed by atoms with Gasteiger partial charge in [-0.15, -0.1) is 24.0 Å². The van der Waals surface area contributed by atoms with E-state index in [1.54, 1.807) is 0 Å². The standard InChI is InChI=1S/C19H27BrN6.HI/c1-13-16(14(2)25(4)24-13)11-22-19(21-3)23-15-9-10-26(12-15)18-8-6-5-7-17(18)20;/h5-8,15H,9-12H2,1-4H3,(H2,21,22,23);1H. The number of hydrogen-bond donors (Lipinski definition) is 2. The molecule has 0 radical (unpaired) electrons. The van der Waals surface area contributed by atoms with E-state index in [0.717, 1.165) is 42.2 Å².